The summed E-state index contributed by atoms with van der Waals surface area (Å²) in [4.78, 5) is 4.68. The molecule has 0 aliphatic heterocycles. The summed E-state index contributed by atoms with van der Waals surface area (Å²) in [7, 11) is 1.70. The van der Waals surface area contributed by atoms with Gasteiger partial charge in [-0.15, -0.1) is 0 Å². The number of hydrogen-bond donors (Lipinski definition) is 1. The van der Waals surface area contributed by atoms with Crippen LogP contribution < -0.4 is 14.5 Å². The average Bonchev–Trinajstić information content (AvgIpc) is 3.44. The smallest absolute Gasteiger partial charge is 0.119 e. The van der Waals surface area contributed by atoms with Gasteiger partial charge in [-0.2, -0.15) is 10.5 Å². The molecule has 0 aromatic heterocycles. The van der Waals surface area contributed by atoms with Crippen LogP contribution in [0.4, 0.5) is 34.1 Å². The van der Waals surface area contributed by atoms with E-state index in [2.05, 4.69) is 155 Å². The molecule has 0 amide bonds. The summed E-state index contributed by atoms with van der Waals surface area (Å²) in [5, 5.41) is 34.1. The van der Waals surface area contributed by atoms with Gasteiger partial charge in [-0.05, 0) is 186 Å². The highest BCUT2D eigenvalue weighted by Crippen LogP contribution is 2.43. The molecule has 6 nitrogen and oxygen atoms in total. The van der Waals surface area contributed by atoms with Gasteiger partial charge in [0.15, 0.2) is 0 Å². The molecule has 0 atom stereocenters. The van der Waals surface area contributed by atoms with Crippen LogP contribution in [0.25, 0.3) is 45.8 Å². The number of nitrogens with zero attached hydrogens (tertiary/aromatic N) is 4. The second kappa shape index (κ2) is 20.3. The van der Waals surface area contributed by atoms with Crippen LogP contribution in [0.3, 0.4) is 0 Å². The molecule has 9 aromatic rings. The number of hydrogen-bond acceptors (Lipinski definition) is 6. The number of fused-ring (bicyclic) bond motifs is 4. The average molecular weight is 935 g/mol. The molecule has 72 heavy (non-hydrogen) atoms. The number of anilines is 6. The molecule has 6 heteroatoms. The van der Waals surface area contributed by atoms with Gasteiger partial charge in [0, 0.05) is 55.7 Å². The maximum Gasteiger partial charge on any atom is 0.119 e. The van der Waals surface area contributed by atoms with Crippen LogP contribution >= 0.6 is 0 Å². The zero-order valence-electron chi connectivity index (χ0n) is 40.5. The zero-order chi connectivity index (χ0) is 49.0. The fourth-order valence-electron chi connectivity index (χ4n) is 10.8. The Morgan fingerprint density at radius 3 is 1.26 bits per heavy atom. The van der Waals surface area contributed by atoms with Crippen molar-refractivity contribution >= 4 is 80.0 Å². The molecule has 0 saturated heterocycles. The number of methoxy groups -OCH3 is 1. The lowest BCUT2D eigenvalue weighted by Crippen LogP contribution is -2.15. The largest absolute Gasteiger partial charge is 0.497 e. The predicted octanol–water partition coefficient (Wildman–Crippen LogP) is 16.3. The third kappa shape index (κ3) is 9.01. The quantitative estimate of drug-likeness (QED) is 0.0970. The van der Waals surface area contributed by atoms with Crippen LogP contribution in [0, 0.1) is 22.7 Å². The van der Waals surface area contributed by atoms with E-state index in [9.17, 15) is 15.6 Å². The number of nitriles is 2. The van der Waals surface area contributed by atoms with E-state index in [1.54, 1.807) is 7.11 Å². The van der Waals surface area contributed by atoms with Gasteiger partial charge < -0.3 is 19.6 Å². The highest BCUT2D eigenvalue weighted by atomic mass is 16.5. The maximum atomic E-state index is 10.6. The SMILES string of the molecule is COc1ccc(N(c2ccc(C=Cc3ccc4c(C#N)c5cc(C=Cc6ccc(N(c7ccc(CO)cc7)c7cccc8c7CCCC8)cc6)ccc5c(C#N)c4c3)cc2)c2cccc3c2CCCC3)cc1. The van der Waals surface area contributed by atoms with Gasteiger partial charge in [-0.1, -0.05) is 109 Å². The van der Waals surface area contributed by atoms with Gasteiger partial charge in [0.1, 0.15) is 17.9 Å². The summed E-state index contributed by atoms with van der Waals surface area (Å²) in [5.74, 6) is 0.825. The number of ether oxygens (including phenoxy) is 1. The van der Waals surface area contributed by atoms with Crippen molar-refractivity contribution in [2.45, 2.75) is 58.0 Å². The Hall–Kier alpha value is -8.68. The van der Waals surface area contributed by atoms with E-state index >= 15 is 0 Å². The first-order valence-corrected chi connectivity index (χ1v) is 25.1. The first-order chi connectivity index (χ1) is 35.5. The van der Waals surface area contributed by atoms with Crippen molar-refractivity contribution < 1.29 is 9.84 Å². The minimum Gasteiger partial charge on any atom is -0.497 e. The molecule has 350 valence electrons. The van der Waals surface area contributed by atoms with Gasteiger partial charge in [-0.3, -0.25) is 0 Å². The lowest BCUT2D eigenvalue weighted by Gasteiger charge is -2.30. The van der Waals surface area contributed by atoms with Crippen LogP contribution in [-0.2, 0) is 32.3 Å². The Morgan fingerprint density at radius 2 is 0.847 bits per heavy atom. The van der Waals surface area contributed by atoms with E-state index in [0.29, 0.717) is 11.1 Å². The monoisotopic (exact) mass is 934 g/mol. The summed E-state index contributed by atoms with van der Waals surface area (Å²) >= 11 is 0. The second-order valence-electron chi connectivity index (χ2n) is 18.9. The number of aliphatic hydroxyl groups excluding tert-OH is 1. The number of benzene rings is 9. The number of rotatable bonds is 12. The van der Waals surface area contributed by atoms with E-state index in [1.807, 2.05) is 60.7 Å². The van der Waals surface area contributed by atoms with Crippen LogP contribution in [0.1, 0.15) is 86.9 Å². The van der Waals surface area contributed by atoms with Gasteiger partial charge in [0.25, 0.3) is 0 Å². The molecule has 2 aliphatic carbocycles. The maximum absolute atomic E-state index is 10.6. The third-order valence-corrected chi connectivity index (χ3v) is 14.6. The van der Waals surface area contributed by atoms with Crippen molar-refractivity contribution in [1.82, 2.24) is 0 Å². The fraction of sp³-hybridized carbons (Fsp3) is 0.152. The van der Waals surface area contributed by atoms with Crippen LogP contribution in [0.15, 0.2) is 170 Å². The fourth-order valence-corrected chi connectivity index (χ4v) is 10.8. The van der Waals surface area contributed by atoms with Crippen molar-refractivity contribution in [1.29, 1.82) is 10.5 Å². The lowest BCUT2D eigenvalue weighted by molar-refractivity contribution is 0.282. The minimum absolute atomic E-state index is 0.00771. The Labute approximate surface area is 422 Å². The molecule has 0 spiro atoms. The molecule has 0 saturated carbocycles. The van der Waals surface area contributed by atoms with Crippen LogP contribution in [0.5, 0.6) is 5.75 Å². The topological polar surface area (TPSA) is 83.5 Å². The summed E-state index contributed by atoms with van der Waals surface area (Å²) < 4.78 is 5.50. The van der Waals surface area contributed by atoms with Gasteiger partial charge in [-0.25, -0.2) is 0 Å². The van der Waals surface area contributed by atoms with E-state index in [0.717, 1.165) is 104 Å². The molecular formula is C66H54N4O2. The normalized spacial score (nSPS) is 13.2. The molecule has 0 radical (unpaired) electrons. The molecule has 0 bridgehead atoms. The standard InChI is InChI=1S/C66H54N4O2/c1-72-56-36-34-55(35-37-56)70(66-15-7-11-51-9-3-5-13-58(51)66)53-30-22-46(23-31-53)17-19-48-27-39-60-62(41-48)64(43-68)59-38-26-47(40-61(59)63(60)42-67)18-16-45-20-28-52(29-21-45)69(54-32-24-49(44-71)25-33-54)65-14-6-10-50-8-2-4-12-57(50)65/h6-7,10-11,14-41,71H,2-5,8-9,12-13,44H2,1H3. The molecule has 0 heterocycles. The van der Waals surface area contributed by atoms with Crippen molar-refractivity contribution in [3.05, 3.63) is 231 Å². The molecule has 1 N–H and O–H groups in total. The summed E-state index contributed by atoms with van der Waals surface area (Å²) in [6.45, 7) is 0.00771. The predicted molar refractivity (Wildman–Crippen MR) is 297 cm³/mol. The Kier molecular flexibility index (Phi) is 12.9. The Balaban J connectivity index is 0.856. The van der Waals surface area contributed by atoms with Crippen LogP contribution in [0.2, 0.25) is 0 Å². The van der Waals surface area contributed by atoms with E-state index < -0.39 is 0 Å². The summed E-state index contributed by atoms with van der Waals surface area (Å²) in [5.41, 5.74) is 18.3. The molecule has 2 aliphatic rings. The number of aliphatic hydroxyl groups is 1. The molecular weight excluding hydrogens is 881 g/mol. The molecule has 0 unspecified atom stereocenters. The van der Waals surface area contributed by atoms with E-state index in [-0.39, 0.29) is 6.61 Å². The Morgan fingerprint density at radius 1 is 0.458 bits per heavy atom. The lowest BCUT2D eigenvalue weighted by atomic mass is 9.89. The van der Waals surface area contributed by atoms with Crippen molar-refractivity contribution in [3.8, 4) is 17.9 Å². The molecule has 11 rings (SSSR count). The van der Waals surface area contributed by atoms with Gasteiger partial charge in [0.2, 0.25) is 0 Å². The number of aryl methyl sites for hydroxylation is 2. The second-order valence-corrected chi connectivity index (χ2v) is 18.9. The van der Waals surface area contributed by atoms with E-state index in [1.165, 1.54) is 59.3 Å². The van der Waals surface area contributed by atoms with E-state index in [4.69, 9.17) is 4.74 Å². The van der Waals surface area contributed by atoms with Crippen LogP contribution in [-0.4, -0.2) is 12.2 Å². The van der Waals surface area contributed by atoms with Gasteiger partial charge in [0.05, 0.1) is 24.8 Å². The Bertz CT molecular complexity index is 3370. The first kappa shape index (κ1) is 45.7. The molecule has 0 fully saturated rings. The van der Waals surface area contributed by atoms with Gasteiger partial charge >= 0.3 is 0 Å². The molecule has 9 aromatic carbocycles. The first-order valence-electron chi connectivity index (χ1n) is 25.1. The highest BCUT2D eigenvalue weighted by Gasteiger charge is 2.22. The van der Waals surface area contributed by atoms with Crippen molar-refractivity contribution in [3.63, 3.8) is 0 Å². The zero-order valence-corrected chi connectivity index (χ0v) is 40.5. The minimum atomic E-state index is 0.00771. The third-order valence-electron chi connectivity index (χ3n) is 14.6. The van der Waals surface area contributed by atoms with Crippen molar-refractivity contribution in [2.75, 3.05) is 16.9 Å². The van der Waals surface area contributed by atoms with Crippen molar-refractivity contribution in [2.24, 2.45) is 0 Å². The summed E-state index contributed by atoms with van der Waals surface area (Å²) in [6, 6.07) is 64.0. The highest BCUT2D eigenvalue weighted by molar-refractivity contribution is 6.10. The summed E-state index contributed by atoms with van der Waals surface area (Å²) in [6.07, 6.45) is 17.5.